The van der Waals surface area contributed by atoms with Crippen molar-refractivity contribution in [2.75, 3.05) is 52.8 Å². The molecule has 336 valence electrons. The fourth-order valence-corrected chi connectivity index (χ4v) is 8.47. The SMILES string of the molecule is CN(C(=O)n1cnc(-c2cccc([N+](=O)[O-])c2)c1)C1CCN(S(C)(=O)=O)CC1.CNC1CCN(S(C)(=O)=O)CC1.O=C(Oc1ccccc1)n1cnc(-c2cccc([N+](=O)[O-])c2)c1. The number of carbonyl (C=O) groups excluding carboxylic acids is 2. The molecular weight excluding hydrogens is 861 g/mol. The van der Waals surface area contributed by atoms with Gasteiger partial charge in [-0.05, 0) is 44.9 Å². The molecule has 0 bridgehead atoms. The van der Waals surface area contributed by atoms with E-state index in [4.69, 9.17) is 4.74 Å². The molecule has 63 heavy (non-hydrogen) atoms. The number of nitro benzene ring substituents is 2. The summed E-state index contributed by atoms with van der Waals surface area (Å²) in [7, 11) is -2.58. The van der Waals surface area contributed by atoms with Crippen LogP contribution in [-0.2, 0) is 20.0 Å². The number of aromatic nitrogens is 4. The largest absolute Gasteiger partial charge is 0.424 e. The number of sulfonamides is 2. The number of imidazole rings is 2. The van der Waals surface area contributed by atoms with Gasteiger partial charge in [0.1, 0.15) is 18.4 Å². The molecule has 3 aromatic carbocycles. The summed E-state index contributed by atoms with van der Waals surface area (Å²) in [5, 5.41) is 24.9. The zero-order chi connectivity index (χ0) is 45.9. The van der Waals surface area contributed by atoms with E-state index < -0.39 is 36.0 Å². The minimum absolute atomic E-state index is 0.0380. The lowest BCUT2D eigenvalue weighted by Gasteiger charge is -2.35. The molecule has 5 aromatic rings. The van der Waals surface area contributed by atoms with Crippen LogP contribution in [0.25, 0.3) is 22.5 Å². The molecule has 2 fully saturated rings. The Balaban J connectivity index is 0.000000192. The predicted octanol–water partition coefficient (Wildman–Crippen LogP) is 4.92. The van der Waals surface area contributed by atoms with Gasteiger partial charge in [0.25, 0.3) is 11.4 Å². The van der Waals surface area contributed by atoms with E-state index in [1.54, 1.807) is 64.8 Å². The molecule has 2 aliphatic heterocycles. The number of carbonyl (C=O) groups is 2. The number of nitrogens with one attached hydrogen (secondary N) is 1. The number of non-ortho nitro benzene ring substituents is 2. The highest BCUT2D eigenvalue weighted by Gasteiger charge is 2.30. The number of hydrogen-bond donors (Lipinski definition) is 1. The van der Waals surface area contributed by atoms with E-state index >= 15 is 0 Å². The summed E-state index contributed by atoms with van der Waals surface area (Å²) in [6.07, 6.45) is 10.5. The number of ether oxygens (including phenoxy) is 1. The number of piperidine rings is 2. The van der Waals surface area contributed by atoms with Gasteiger partial charge in [-0.25, -0.2) is 49.6 Å². The lowest BCUT2D eigenvalue weighted by Crippen LogP contribution is -2.47. The van der Waals surface area contributed by atoms with Gasteiger partial charge in [-0.3, -0.25) is 24.8 Å². The minimum atomic E-state index is -3.22. The lowest BCUT2D eigenvalue weighted by molar-refractivity contribution is -0.385. The van der Waals surface area contributed by atoms with Crippen molar-refractivity contribution in [3.63, 3.8) is 0 Å². The summed E-state index contributed by atoms with van der Waals surface area (Å²) in [5.74, 6) is 0.420. The maximum absolute atomic E-state index is 12.8. The Kier molecular flexibility index (Phi) is 16.0. The van der Waals surface area contributed by atoms with Gasteiger partial charge in [0.05, 0.1) is 33.7 Å². The maximum atomic E-state index is 12.8. The monoisotopic (exact) mass is 908 g/mol. The van der Waals surface area contributed by atoms with Gasteiger partial charge in [-0.1, -0.05) is 42.5 Å². The first kappa shape index (κ1) is 47.6. The first-order valence-corrected chi connectivity index (χ1v) is 23.2. The Morgan fingerprint density at radius 1 is 0.714 bits per heavy atom. The second-order valence-corrected chi connectivity index (χ2v) is 18.6. The van der Waals surface area contributed by atoms with Crippen LogP contribution in [-0.4, -0.2) is 136 Å². The van der Waals surface area contributed by atoms with E-state index in [0.717, 1.165) is 12.8 Å². The molecule has 0 saturated carbocycles. The summed E-state index contributed by atoms with van der Waals surface area (Å²) in [6, 6.07) is 20.9. The van der Waals surface area contributed by atoms with E-state index in [2.05, 4.69) is 15.3 Å². The maximum Gasteiger partial charge on any atom is 0.424 e. The zero-order valence-electron chi connectivity index (χ0n) is 35.0. The van der Waals surface area contributed by atoms with E-state index in [9.17, 15) is 46.7 Å². The van der Waals surface area contributed by atoms with E-state index in [1.165, 1.54) is 75.3 Å². The van der Waals surface area contributed by atoms with Crippen LogP contribution in [0.3, 0.4) is 0 Å². The number of para-hydroxylation sites is 1. The second kappa shape index (κ2) is 21.1. The molecule has 0 radical (unpaired) electrons. The summed E-state index contributed by atoms with van der Waals surface area (Å²) >= 11 is 0. The molecule has 1 N–H and O–H groups in total. The van der Waals surface area contributed by atoms with Crippen LogP contribution in [0, 0.1) is 20.2 Å². The molecule has 0 spiro atoms. The van der Waals surface area contributed by atoms with Crippen LogP contribution in [0.5, 0.6) is 5.75 Å². The van der Waals surface area contributed by atoms with Gasteiger partial charge in [-0.15, -0.1) is 0 Å². The molecular formula is C40H48N10O11S2. The Morgan fingerprint density at radius 3 is 1.63 bits per heavy atom. The summed E-state index contributed by atoms with van der Waals surface area (Å²) in [6.45, 7) is 2.07. The van der Waals surface area contributed by atoms with Crippen LogP contribution in [0.15, 0.2) is 104 Å². The molecule has 2 aromatic heterocycles. The summed E-state index contributed by atoms with van der Waals surface area (Å²) in [5.41, 5.74) is 1.91. The summed E-state index contributed by atoms with van der Waals surface area (Å²) in [4.78, 5) is 55.4. The second-order valence-electron chi connectivity index (χ2n) is 14.6. The minimum Gasteiger partial charge on any atom is -0.410 e. The van der Waals surface area contributed by atoms with Gasteiger partial charge >= 0.3 is 12.1 Å². The highest BCUT2D eigenvalue weighted by atomic mass is 32.2. The van der Waals surface area contributed by atoms with Crippen molar-refractivity contribution in [3.05, 3.63) is 124 Å². The fraction of sp³-hybridized carbons (Fsp3) is 0.350. The topological polar surface area (TPSA) is 255 Å². The number of nitrogens with zero attached hydrogens (tertiary/aromatic N) is 9. The third kappa shape index (κ3) is 13.3. The smallest absolute Gasteiger partial charge is 0.410 e. The van der Waals surface area contributed by atoms with Crippen LogP contribution < -0.4 is 10.1 Å². The molecule has 23 heteroatoms. The third-order valence-corrected chi connectivity index (χ3v) is 12.9. The highest BCUT2D eigenvalue weighted by Crippen LogP contribution is 2.25. The summed E-state index contributed by atoms with van der Waals surface area (Å²) < 4.78 is 56.1. The van der Waals surface area contributed by atoms with E-state index in [-0.39, 0.29) is 23.4 Å². The van der Waals surface area contributed by atoms with Gasteiger partial charge in [0, 0.05) is 93.1 Å². The molecule has 7 rings (SSSR count). The molecule has 21 nitrogen and oxygen atoms in total. The van der Waals surface area contributed by atoms with E-state index in [1.807, 2.05) is 13.1 Å². The average molecular weight is 909 g/mol. The predicted molar refractivity (Wildman–Crippen MR) is 233 cm³/mol. The van der Waals surface area contributed by atoms with E-state index in [0.29, 0.717) is 73.3 Å². The molecule has 2 saturated heterocycles. The Hall–Kier alpha value is -6.40. The van der Waals surface area contributed by atoms with Crippen molar-refractivity contribution < 1.29 is 41.0 Å². The van der Waals surface area contributed by atoms with Crippen molar-refractivity contribution in [1.82, 2.24) is 37.9 Å². The van der Waals surface area contributed by atoms with Gasteiger partial charge in [0.15, 0.2) is 0 Å². The molecule has 0 unspecified atom stereocenters. The lowest BCUT2D eigenvalue weighted by atomic mass is 10.1. The normalized spacial score (nSPS) is 15.2. The van der Waals surface area contributed by atoms with Crippen molar-refractivity contribution in [2.24, 2.45) is 0 Å². The number of hydrogen-bond acceptors (Lipinski definition) is 14. The van der Waals surface area contributed by atoms with Crippen molar-refractivity contribution in [1.29, 1.82) is 0 Å². The van der Waals surface area contributed by atoms with Gasteiger partial charge in [0.2, 0.25) is 20.0 Å². The van der Waals surface area contributed by atoms with Crippen LogP contribution >= 0.6 is 0 Å². The zero-order valence-corrected chi connectivity index (χ0v) is 36.6. The van der Waals surface area contributed by atoms with Crippen molar-refractivity contribution >= 4 is 43.5 Å². The molecule has 0 atom stereocenters. The third-order valence-electron chi connectivity index (χ3n) is 10.3. The Labute approximate surface area is 364 Å². The molecule has 0 aliphatic carbocycles. The first-order chi connectivity index (χ1) is 29.8. The number of amides is 1. The number of benzene rings is 3. The standard InChI is InChI=1S/C17H21N5O5S.C16H11N3O4.C7H16N2O2S/c1-19(14-6-8-21(9-7-14)28(2,26)27)17(23)20-11-16(18-12-20)13-4-3-5-15(10-13)22(24)25;20-16(23-14-7-2-1-3-8-14)18-10-15(17-11-18)12-5-4-6-13(9-12)19(21)22;1-8-7-3-5-9(6-4-7)12(2,10)11/h3-5,10-12,14H,6-9H2,1-2H3;1-11H;7-8H,3-6H2,1-2H3. The van der Waals surface area contributed by atoms with Gasteiger partial charge in [-0.2, -0.15) is 0 Å². The average Bonchev–Trinajstić information content (AvgIpc) is 3.98. The van der Waals surface area contributed by atoms with Gasteiger partial charge < -0.3 is 15.0 Å². The number of nitro groups is 2. The Bertz CT molecular complexity index is 2610. The molecule has 1 amide bonds. The Morgan fingerprint density at radius 2 is 1.17 bits per heavy atom. The van der Waals surface area contributed by atoms with Crippen LogP contribution in [0.1, 0.15) is 25.7 Å². The van der Waals surface area contributed by atoms with Crippen LogP contribution in [0.2, 0.25) is 0 Å². The molecule has 2 aliphatic rings. The molecule has 4 heterocycles. The highest BCUT2D eigenvalue weighted by molar-refractivity contribution is 7.88. The first-order valence-electron chi connectivity index (χ1n) is 19.5. The fourth-order valence-electron chi connectivity index (χ4n) is 6.72. The number of rotatable bonds is 9. The van der Waals surface area contributed by atoms with Crippen LogP contribution in [0.4, 0.5) is 21.0 Å². The van der Waals surface area contributed by atoms with Crippen molar-refractivity contribution in [2.45, 2.75) is 37.8 Å². The van der Waals surface area contributed by atoms with Crippen molar-refractivity contribution in [3.8, 4) is 28.3 Å². The quantitative estimate of drug-likeness (QED) is 0.152.